The van der Waals surface area contributed by atoms with Crippen molar-refractivity contribution < 1.29 is 8.42 Å². The minimum Gasteiger partial charge on any atom is -0.284 e. The lowest BCUT2D eigenvalue weighted by Crippen LogP contribution is -2.25. The standard InChI is InChI=1S/C9H11N3O2S2/c1-12(6-8-2-3-15-7-8)16(13,14)9-4-10-11-5-9/h2-5,7H,6H2,1H3,(H,10,11). The highest BCUT2D eigenvalue weighted by molar-refractivity contribution is 7.89. The van der Waals surface area contributed by atoms with Crippen LogP contribution in [0.2, 0.25) is 0 Å². The van der Waals surface area contributed by atoms with Crippen LogP contribution in [0, 0.1) is 0 Å². The van der Waals surface area contributed by atoms with Crippen LogP contribution < -0.4 is 0 Å². The second kappa shape index (κ2) is 4.36. The molecule has 0 aliphatic rings. The molecule has 0 bridgehead atoms. The van der Waals surface area contributed by atoms with Crippen molar-refractivity contribution in [3.8, 4) is 0 Å². The van der Waals surface area contributed by atoms with E-state index in [1.54, 1.807) is 18.4 Å². The van der Waals surface area contributed by atoms with Crippen LogP contribution in [0.5, 0.6) is 0 Å². The Morgan fingerprint density at radius 2 is 2.38 bits per heavy atom. The molecule has 5 nitrogen and oxygen atoms in total. The van der Waals surface area contributed by atoms with Crippen molar-refractivity contribution in [2.75, 3.05) is 7.05 Å². The molecule has 2 rings (SSSR count). The topological polar surface area (TPSA) is 66.1 Å². The highest BCUT2D eigenvalue weighted by Gasteiger charge is 2.21. The van der Waals surface area contributed by atoms with Crippen molar-refractivity contribution >= 4 is 21.4 Å². The number of rotatable bonds is 4. The zero-order valence-corrected chi connectivity index (χ0v) is 10.3. The fourth-order valence-electron chi connectivity index (χ4n) is 1.28. The van der Waals surface area contributed by atoms with Crippen LogP contribution >= 0.6 is 11.3 Å². The summed E-state index contributed by atoms with van der Waals surface area (Å²) in [4.78, 5) is 0.185. The van der Waals surface area contributed by atoms with Crippen molar-refractivity contribution in [1.82, 2.24) is 14.5 Å². The van der Waals surface area contributed by atoms with Crippen molar-refractivity contribution in [3.05, 3.63) is 34.8 Å². The number of hydrogen-bond donors (Lipinski definition) is 1. The van der Waals surface area contributed by atoms with Gasteiger partial charge in [-0.3, -0.25) is 5.10 Å². The number of nitrogens with one attached hydrogen (secondary N) is 1. The van der Waals surface area contributed by atoms with E-state index in [4.69, 9.17) is 0 Å². The van der Waals surface area contributed by atoms with Crippen molar-refractivity contribution in [3.63, 3.8) is 0 Å². The highest BCUT2D eigenvalue weighted by Crippen LogP contribution is 2.16. The average molecular weight is 257 g/mol. The van der Waals surface area contributed by atoms with Gasteiger partial charge in [-0.1, -0.05) is 0 Å². The lowest BCUT2D eigenvalue weighted by atomic mass is 10.3. The van der Waals surface area contributed by atoms with Gasteiger partial charge in [0.1, 0.15) is 4.90 Å². The van der Waals surface area contributed by atoms with Crippen molar-refractivity contribution in [2.45, 2.75) is 11.4 Å². The summed E-state index contributed by atoms with van der Waals surface area (Å²) in [6.45, 7) is 0.372. The van der Waals surface area contributed by atoms with Gasteiger partial charge in [-0.25, -0.2) is 8.42 Å². The maximum Gasteiger partial charge on any atom is 0.246 e. The first-order valence-electron chi connectivity index (χ1n) is 4.57. The minimum atomic E-state index is -3.43. The number of H-pyrrole nitrogens is 1. The van der Waals surface area contributed by atoms with Gasteiger partial charge in [0.25, 0.3) is 0 Å². The van der Waals surface area contributed by atoms with E-state index in [0.717, 1.165) is 5.56 Å². The molecule has 0 amide bonds. The Morgan fingerprint density at radius 3 is 2.94 bits per heavy atom. The second-order valence-corrected chi connectivity index (χ2v) is 6.15. The lowest BCUT2D eigenvalue weighted by molar-refractivity contribution is 0.467. The largest absolute Gasteiger partial charge is 0.284 e. The third-order valence-corrected chi connectivity index (χ3v) is 4.67. The zero-order chi connectivity index (χ0) is 11.6. The summed E-state index contributed by atoms with van der Waals surface area (Å²) in [6, 6.07) is 1.91. The number of aromatic nitrogens is 2. The number of nitrogens with zero attached hydrogens (tertiary/aromatic N) is 2. The summed E-state index contributed by atoms with van der Waals surface area (Å²) < 4.78 is 25.3. The van der Waals surface area contributed by atoms with Gasteiger partial charge in [0, 0.05) is 19.8 Å². The van der Waals surface area contributed by atoms with E-state index in [9.17, 15) is 8.42 Å². The summed E-state index contributed by atoms with van der Waals surface area (Å²) in [6.07, 6.45) is 2.68. The molecule has 86 valence electrons. The first kappa shape index (κ1) is 11.3. The molecule has 0 fully saturated rings. The molecular formula is C9H11N3O2S2. The molecule has 0 unspecified atom stereocenters. The fraction of sp³-hybridized carbons (Fsp3) is 0.222. The molecule has 0 aromatic carbocycles. The van der Waals surface area contributed by atoms with Gasteiger partial charge in [0.2, 0.25) is 10.0 Å². The van der Waals surface area contributed by atoms with E-state index < -0.39 is 10.0 Å². The Bertz CT molecular complexity index is 531. The molecule has 0 saturated carbocycles. The van der Waals surface area contributed by atoms with E-state index in [-0.39, 0.29) is 4.90 Å². The number of aromatic amines is 1. The van der Waals surface area contributed by atoms with Crippen molar-refractivity contribution in [2.24, 2.45) is 0 Å². The SMILES string of the molecule is CN(Cc1ccsc1)S(=O)(=O)c1cn[nH]c1. The van der Waals surface area contributed by atoms with Gasteiger partial charge < -0.3 is 0 Å². The minimum absolute atomic E-state index is 0.185. The van der Waals surface area contributed by atoms with Gasteiger partial charge >= 0.3 is 0 Å². The smallest absolute Gasteiger partial charge is 0.246 e. The van der Waals surface area contributed by atoms with E-state index in [1.165, 1.54) is 16.7 Å². The highest BCUT2D eigenvalue weighted by atomic mass is 32.2. The third-order valence-electron chi connectivity index (χ3n) is 2.17. The Hall–Kier alpha value is -1.18. The summed E-state index contributed by atoms with van der Waals surface area (Å²) >= 11 is 1.55. The van der Waals surface area contributed by atoms with Crippen LogP contribution in [0.15, 0.2) is 34.1 Å². The molecule has 2 aromatic heterocycles. The summed E-state index contributed by atoms with van der Waals surface area (Å²) in [5, 5.41) is 9.99. The second-order valence-electron chi connectivity index (χ2n) is 3.33. The third kappa shape index (κ3) is 2.16. The number of thiophene rings is 1. The van der Waals surface area contributed by atoms with Crippen LogP contribution in [0.4, 0.5) is 0 Å². The predicted molar refractivity (Wildman–Crippen MR) is 61.6 cm³/mol. The molecule has 0 radical (unpaired) electrons. The molecule has 0 saturated heterocycles. The molecule has 16 heavy (non-hydrogen) atoms. The molecule has 0 atom stereocenters. The van der Waals surface area contributed by atoms with Gasteiger partial charge in [-0.2, -0.15) is 20.7 Å². The normalized spacial score (nSPS) is 12.1. The molecule has 0 spiro atoms. The van der Waals surface area contributed by atoms with E-state index >= 15 is 0 Å². The van der Waals surface area contributed by atoms with Gasteiger partial charge in [0.15, 0.2) is 0 Å². The lowest BCUT2D eigenvalue weighted by Gasteiger charge is -2.14. The summed E-state index contributed by atoms with van der Waals surface area (Å²) in [5.41, 5.74) is 0.986. The first-order valence-corrected chi connectivity index (χ1v) is 6.95. The molecule has 2 heterocycles. The van der Waals surface area contributed by atoms with Crippen LogP contribution in [0.3, 0.4) is 0 Å². The molecule has 1 N–H and O–H groups in total. The Morgan fingerprint density at radius 1 is 1.56 bits per heavy atom. The first-order chi connectivity index (χ1) is 7.60. The van der Waals surface area contributed by atoms with Gasteiger partial charge in [-0.05, 0) is 22.4 Å². The van der Waals surface area contributed by atoms with Gasteiger partial charge in [-0.15, -0.1) is 0 Å². The van der Waals surface area contributed by atoms with Crippen molar-refractivity contribution in [1.29, 1.82) is 0 Å². The molecular weight excluding hydrogens is 246 g/mol. The van der Waals surface area contributed by atoms with Crippen LogP contribution in [-0.2, 0) is 16.6 Å². The fourth-order valence-corrected chi connectivity index (χ4v) is 3.01. The number of sulfonamides is 1. The Balaban J connectivity index is 2.19. The van der Waals surface area contributed by atoms with E-state index in [2.05, 4.69) is 10.2 Å². The Kier molecular flexibility index (Phi) is 3.08. The summed E-state index contributed by atoms with van der Waals surface area (Å²) in [5.74, 6) is 0. The van der Waals surface area contributed by atoms with Crippen LogP contribution in [-0.4, -0.2) is 30.0 Å². The predicted octanol–water partition coefficient (Wildman–Crippen LogP) is 1.29. The van der Waals surface area contributed by atoms with Crippen LogP contribution in [0.25, 0.3) is 0 Å². The Labute approximate surface area is 97.8 Å². The molecule has 2 aromatic rings. The average Bonchev–Trinajstić information content (AvgIpc) is 2.89. The summed E-state index contributed by atoms with van der Waals surface area (Å²) in [7, 11) is -1.87. The molecule has 0 aliphatic heterocycles. The monoisotopic (exact) mass is 257 g/mol. The quantitative estimate of drug-likeness (QED) is 0.897. The molecule has 7 heteroatoms. The zero-order valence-electron chi connectivity index (χ0n) is 8.62. The van der Waals surface area contributed by atoms with Gasteiger partial charge in [0.05, 0.1) is 6.20 Å². The maximum absolute atomic E-state index is 12.0. The van der Waals surface area contributed by atoms with E-state index in [1.807, 2.05) is 16.8 Å². The van der Waals surface area contributed by atoms with E-state index in [0.29, 0.717) is 6.54 Å². The molecule has 0 aliphatic carbocycles. The maximum atomic E-state index is 12.0. The number of hydrogen-bond acceptors (Lipinski definition) is 4. The van der Waals surface area contributed by atoms with Crippen LogP contribution in [0.1, 0.15) is 5.56 Å².